The first-order valence-electron chi connectivity index (χ1n) is 9.28. The monoisotopic (exact) mass is 401 g/mol. The average molecular weight is 402 g/mol. The second-order valence-corrected chi connectivity index (χ2v) is 6.74. The number of rotatable bonds is 6. The Morgan fingerprint density at radius 2 is 1.79 bits per heavy atom. The Kier molecular flexibility index (Phi) is 6.95. The predicted molar refractivity (Wildman–Crippen MR) is 110 cm³/mol. The summed E-state index contributed by atoms with van der Waals surface area (Å²) in [5.41, 5.74) is 2.57. The minimum absolute atomic E-state index is 0.0406. The number of carbonyl (C=O) groups is 1. The van der Waals surface area contributed by atoms with E-state index in [0.717, 1.165) is 16.7 Å². The molecular formula is C22H24ClNO4. The zero-order chi connectivity index (χ0) is 19.9. The second-order valence-electron chi connectivity index (χ2n) is 6.30. The molecule has 28 heavy (non-hydrogen) atoms. The van der Waals surface area contributed by atoms with Crippen LogP contribution in [-0.4, -0.2) is 50.8 Å². The highest BCUT2D eigenvalue weighted by atomic mass is 35.5. The summed E-state index contributed by atoms with van der Waals surface area (Å²) in [6.45, 7) is 4.78. The van der Waals surface area contributed by atoms with Gasteiger partial charge < -0.3 is 19.1 Å². The molecule has 6 heteroatoms. The van der Waals surface area contributed by atoms with Crippen molar-refractivity contribution in [2.24, 2.45) is 0 Å². The number of halogens is 1. The van der Waals surface area contributed by atoms with Crippen molar-refractivity contribution in [2.45, 2.75) is 6.92 Å². The first-order chi connectivity index (χ1) is 13.6. The summed E-state index contributed by atoms with van der Waals surface area (Å²) >= 11 is 6.05. The number of ether oxygens (including phenoxy) is 3. The van der Waals surface area contributed by atoms with Crippen LogP contribution in [0.3, 0.4) is 0 Å². The van der Waals surface area contributed by atoms with Gasteiger partial charge in [-0.1, -0.05) is 29.8 Å². The van der Waals surface area contributed by atoms with Gasteiger partial charge in [0.05, 0.1) is 26.9 Å². The molecule has 3 rings (SSSR count). The van der Waals surface area contributed by atoms with Crippen LogP contribution in [0, 0.1) is 0 Å². The molecule has 0 aliphatic carbocycles. The van der Waals surface area contributed by atoms with Crippen LogP contribution in [0.4, 0.5) is 0 Å². The highest BCUT2D eigenvalue weighted by Crippen LogP contribution is 2.33. The summed E-state index contributed by atoms with van der Waals surface area (Å²) in [5.74, 6) is 1.25. The van der Waals surface area contributed by atoms with Gasteiger partial charge in [0.2, 0.25) is 5.91 Å². The fourth-order valence-corrected chi connectivity index (χ4v) is 3.20. The van der Waals surface area contributed by atoms with Crippen molar-refractivity contribution in [3.63, 3.8) is 0 Å². The van der Waals surface area contributed by atoms with Gasteiger partial charge >= 0.3 is 0 Å². The van der Waals surface area contributed by atoms with E-state index in [1.54, 1.807) is 18.1 Å². The van der Waals surface area contributed by atoms with E-state index in [1.165, 1.54) is 0 Å². The molecule has 1 saturated heterocycles. The molecule has 148 valence electrons. The smallest absolute Gasteiger partial charge is 0.247 e. The third kappa shape index (κ3) is 4.86. The van der Waals surface area contributed by atoms with Gasteiger partial charge in [-0.3, -0.25) is 4.79 Å². The third-order valence-corrected chi connectivity index (χ3v) is 4.77. The molecule has 1 aliphatic heterocycles. The molecule has 1 fully saturated rings. The van der Waals surface area contributed by atoms with Crippen LogP contribution in [0.1, 0.15) is 18.1 Å². The highest BCUT2D eigenvalue weighted by Gasteiger charge is 2.18. The third-order valence-electron chi connectivity index (χ3n) is 4.52. The fourth-order valence-electron chi connectivity index (χ4n) is 3.07. The molecule has 2 aromatic carbocycles. The van der Waals surface area contributed by atoms with Gasteiger partial charge in [0.15, 0.2) is 11.5 Å². The Balaban J connectivity index is 2.02. The molecule has 0 aromatic heterocycles. The Bertz CT molecular complexity index is 842. The number of nitrogens with zero attached hydrogens (tertiary/aromatic N) is 1. The van der Waals surface area contributed by atoms with Gasteiger partial charge in [0, 0.05) is 24.2 Å². The fraction of sp³-hybridized carbons (Fsp3) is 0.318. The number of benzene rings is 2. The van der Waals surface area contributed by atoms with Gasteiger partial charge in [-0.15, -0.1) is 0 Å². The highest BCUT2D eigenvalue weighted by molar-refractivity contribution is 6.30. The van der Waals surface area contributed by atoms with Crippen LogP contribution in [0.5, 0.6) is 11.5 Å². The lowest BCUT2D eigenvalue weighted by molar-refractivity contribution is -0.129. The summed E-state index contributed by atoms with van der Waals surface area (Å²) < 4.78 is 16.4. The molecule has 0 radical (unpaired) electrons. The van der Waals surface area contributed by atoms with E-state index < -0.39 is 0 Å². The minimum Gasteiger partial charge on any atom is -0.493 e. The first-order valence-corrected chi connectivity index (χ1v) is 9.65. The van der Waals surface area contributed by atoms with Crippen molar-refractivity contribution in [3.8, 4) is 11.5 Å². The topological polar surface area (TPSA) is 48.0 Å². The summed E-state index contributed by atoms with van der Waals surface area (Å²) in [5, 5.41) is 0.645. The number of morpholine rings is 1. The lowest BCUT2D eigenvalue weighted by atomic mass is 9.96. The molecule has 2 aromatic rings. The molecular weight excluding hydrogens is 378 g/mol. The summed E-state index contributed by atoms with van der Waals surface area (Å²) in [6.07, 6.45) is 1.67. The SMILES string of the molecule is CCOc1ccc(/C(=C\C(=O)N2CCOCC2)c2ccc(Cl)cc2)cc1OC. The maximum absolute atomic E-state index is 12.9. The molecule has 1 heterocycles. The molecule has 0 bridgehead atoms. The minimum atomic E-state index is -0.0406. The zero-order valence-electron chi connectivity index (χ0n) is 16.1. The van der Waals surface area contributed by atoms with Crippen LogP contribution in [0.15, 0.2) is 48.5 Å². The van der Waals surface area contributed by atoms with Gasteiger partial charge in [-0.05, 0) is 47.9 Å². The second kappa shape index (κ2) is 9.62. The molecule has 0 saturated carbocycles. The largest absolute Gasteiger partial charge is 0.493 e. The normalized spacial score (nSPS) is 14.7. The molecule has 5 nitrogen and oxygen atoms in total. The van der Waals surface area contributed by atoms with Crippen molar-refractivity contribution in [1.29, 1.82) is 0 Å². The maximum atomic E-state index is 12.9. The first kappa shape index (κ1) is 20.2. The molecule has 0 N–H and O–H groups in total. The van der Waals surface area contributed by atoms with Gasteiger partial charge in [-0.2, -0.15) is 0 Å². The molecule has 1 aliphatic rings. The van der Waals surface area contributed by atoms with Crippen molar-refractivity contribution in [3.05, 3.63) is 64.7 Å². The summed E-state index contributed by atoms with van der Waals surface area (Å²) in [4.78, 5) is 14.7. The predicted octanol–water partition coefficient (Wildman–Crippen LogP) is 4.04. The number of hydrogen-bond acceptors (Lipinski definition) is 4. The van der Waals surface area contributed by atoms with Gasteiger partial charge in [0.1, 0.15) is 0 Å². The van der Waals surface area contributed by atoms with Crippen LogP contribution < -0.4 is 9.47 Å². The van der Waals surface area contributed by atoms with E-state index in [0.29, 0.717) is 49.4 Å². The Hall–Kier alpha value is -2.50. The van der Waals surface area contributed by atoms with Crippen LogP contribution in [0.25, 0.3) is 5.57 Å². The summed E-state index contributed by atoms with van der Waals surface area (Å²) in [6, 6.07) is 13.1. The molecule has 0 atom stereocenters. The molecule has 0 spiro atoms. The van der Waals surface area contributed by atoms with E-state index in [-0.39, 0.29) is 5.91 Å². The molecule has 1 amide bonds. The number of carbonyl (C=O) groups excluding carboxylic acids is 1. The Morgan fingerprint density at radius 1 is 1.11 bits per heavy atom. The maximum Gasteiger partial charge on any atom is 0.247 e. The van der Waals surface area contributed by atoms with E-state index >= 15 is 0 Å². The lowest BCUT2D eigenvalue weighted by Crippen LogP contribution is -2.39. The van der Waals surface area contributed by atoms with E-state index in [1.807, 2.05) is 49.4 Å². The van der Waals surface area contributed by atoms with Crippen LogP contribution in [0.2, 0.25) is 5.02 Å². The lowest BCUT2D eigenvalue weighted by Gasteiger charge is -2.26. The van der Waals surface area contributed by atoms with E-state index in [4.69, 9.17) is 25.8 Å². The van der Waals surface area contributed by atoms with Crippen LogP contribution in [-0.2, 0) is 9.53 Å². The summed E-state index contributed by atoms with van der Waals surface area (Å²) in [7, 11) is 1.60. The quantitative estimate of drug-likeness (QED) is 0.685. The number of methoxy groups -OCH3 is 1. The van der Waals surface area contributed by atoms with Crippen molar-refractivity contribution >= 4 is 23.1 Å². The Labute approximate surface area is 170 Å². The van der Waals surface area contributed by atoms with E-state index in [2.05, 4.69) is 0 Å². The molecule has 0 unspecified atom stereocenters. The van der Waals surface area contributed by atoms with Crippen LogP contribution >= 0.6 is 11.6 Å². The Morgan fingerprint density at radius 3 is 2.43 bits per heavy atom. The van der Waals surface area contributed by atoms with Gasteiger partial charge in [-0.25, -0.2) is 0 Å². The number of hydrogen-bond donors (Lipinski definition) is 0. The van der Waals surface area contributed by atoms with Crippen molar-refractivity contribution < 1.29 is 19.0 Å². The van der Waals surface area contributed by atoms with Crippen molar-refractivity contribution in [1.82, 2.24) is 4.90 Å². The van der Waals surface area contributed by atoms with E-state index in [9.17, 15) is 4.79 Å². The van der Waals surface area contributed by atoms with Gasteiger partial charge in [0.25, 0.3) is 0 Å². The standard InChI is InChI=1S/C22H24ClNO4/c1-3-28-20-9-6-17(14-21(20)26-2)19(16-4-7-18(23)8-5-16)15-22(25)24-10-12-27-13-11-24/h4-9,14-15H,3,10-13H2,1-2H3/b19-15-. The number of amides is 1. The zero-order valence-corrected chi connectivity index (χ0v) is 16.9. The average Bonchev–Trinajstić information content (AvgIpc) is 2.74. The van der Waals surface area contributed by atoms with Crippen molar-refractivity contribution in [2.75, 3.05) is 40.0 Å².